The van der Waals surface area contributed by atoms with Crippen LogP contribution in [0.4, 0.5) is 0 Å². The molecule has 0 radical (unpaired) electrons. The fourth-order valence-electron chi connectivity index (χ4n) is 1.50. The van der Waals surface area contributed by atoms with Crippen LogP contribution in [0.2, 0.25) is 0 Å². The lowest BCUT2D eigenvalue weighted by atomic mass is 10.3. The molecule has 0 unspecified atom stereocenters. The van der Waals surface area contributed by atoms with Crippen molar-refractivity contribution in [3.63, 3.8) is 0 Å². The Morgan fingerprint density at radius 2 is 2.11 bits per heavy atom. The van der Waals surface area contributed by atoms with Gasteiger partial charge in [-0.3, -0.25) is 0 Å². The average Bonchev–Trinajstić information content (AvgIpc) is 2.87. The van der Waals surface area contributed by atoms with Gasteiger partial charge < -0.3 is 14.6 Å². The molecule has 0 fully saturated rings. The Morgan fingerprint density at radius 1 is 1.28 bits per heavy atom. The quantitative estimate of drug-likeness (QED) is 0.817. The first-order chi connectivity index (χ1) is 8.78. The highest BCUT2D eigenvalue weighted by atomic mass is 16.5. The van der Waals surface area contributed by atoms with Crippen LogP contribution in [0.1, 0.15) is 5.82 Å². The summed E-state index contributed by atoms with van der Waals surface area (Å²) < 4.78 is 10.4. The van der Waals surface area contributed by atoms with Crippen LogP contribution in [0.15, 0.2) is 18.2 Å². The van der Waals surface area contributed by atoms with Crippen LogP contribution in [0.25, 0.3) is 5.69 Å². The second kappa shape index (κ2) is 5.46. The van der Waals surface area contributed by atoms with Gasteiger partial charge in [-0.25, -0.2) is 0 Å². The first kappa shape index (κ1) is 12.3. The number of benzene rings is 1. The van der Waals surface area contributed by atoms with Gasteiger partial charge in [-0.1, -0.05) is 0 Å². The van der Waals surface area contributed by atoms with Gasteiger partial charge in [-0.15, -0.1) is 15.0 Å². The van der Waals surface area contributed by atoms with Crippen molar-refractivity contribution in [1.82, 2.24) is 20.2 Å². The maximum atomic E-state index is 8.81. The highest BCUT2D eigenvalue weighted by molar-refractivity contribution is 5.49. The molecule has 1 aromatic heterocycles. The van der Waals surface area contributed by atoms with Gasteiger partial charge in [0.2, 0.25) is 0 Å². The minimum atomic E-state index is -0.00849. The van der Waals surface area contributed by atoms with Crippen LogP contribution >= 0.6 is 0 Å². The molecule has 0 spiro atoms. The molecule has 2 aromatic rings. The Morgan fingerprint density at radius 3 is 2.78 bits per heavy atom. The first-order valence-electron chi connectivity index (χ1n) is 5.40. The van der Waals surface area contributed by atoms with Gasteiger partial charge in [0.1, 0.15) is 17.2 Å². The first-order valence-corrected chi connectivity index (χ1v) is 5.40. The van der Waals surface area contributed by atoms with Crippen LogP contribution in [-0.4, -0.2) is 46.1 Å². The second-order valence-electron chi connectivity index (χ2n) is 3.51. The van der Waals surface area contributed by atoms with Crippen molar-refractivity contribution in [3.05, 3.63) is 24.0 Å². The number of hydrogen-bond donors (Lipinski definition) is 1. The molecule has 0 aliphatic heterocycles. The summed E-state index contributed by atoms with van der Waals surface area (Å²) in [5, 5.41) is 20.7. The molecule has 0 atom stereocenters. The van der Waals surface area contributed by atoms with E-state index in [0.29, 0.717) is 29.4 Å². The van der Waals surface area contributed by atoms with E-state index >= 15 is 0 Å². The Kier molecular flexibility index (Phi) is 3.73. The van der Waals surface area contributed by atoms with E-state index in [9.17, 15) is 0 Å². The summed E-state index contributed by atoms with van der Waals surface area (Å²) in [5.74, 6) is 1.75. The second-order valence-corrected chi connectivity index (χ2v) is 3.51. The largest absolute Gasteiger partial charge is 0.497 e. The minimum absolute atomic E-state index is 0.00849. The molecular weight excluding hydrogens is 236 g/mol. The summed E-state index contributed by atoms with van der Waals surface area (Å²) in [6.45, 7) is -0.00849. The van der Waals surface area contributed by atoms with Crippen molar-refractivity contribution in [2.45, 2.75) is 6.42 Å². The molecule has 0 aliphatic rings. The van der Waals surface area contributed by atoms with Crippen LogP contribution in [0.5, 0.6) is 11.5 Å². The number of aromatic nitrogens is 4. The molecule has 0 saturated carbocycles. The summed E-state index contributed by atoms with van der Waals surface area (Å²) in [7, 11) is 3.14. The summed E-state index contributed by atoms with van der Waals surface area (Å²) in [6.07, 6.45) is 0.373. The smallest absolute Gasteiger partial charge is 0.177 e. The van der Waals surface area contributed by atoms with E-state index < -0.39 is 0 Å². The number of aliphatic hydroxyl groups excluding tert-OH is 1. The summed E-state index contributed by atoms with van der Waals surface area (Å²) in [6, 6.07) is 5.30. The highest BCUT2D eigenvalue weighted by Crippen LogP contribution is 2.26. The van der Waals surface area contributed by atoms with Crippen molar-refractivity contribution < 1.29 is 14.6 Å². The van der Waals surface area contributed by atoms with Gasteiger partial charge in [0, 0.05) is 12.5 Å². The Hall–Kier alpha value is -2.15. The summed E-state index contributed by atoms with van der Waals surface area (Å²) >= 11 is 0. The number of tetrazole rings is 1. The van der Waals surface area contributed by atoms with Crippen molar-refractivity contribution in [1.29, 1.82) is 0 Å². The standard InChI is InChI=1S/C11H14N4O3/c1-17-8-3-4-9(10(7-8)18-2)15-13-11(5-6-16)12-14-15/h3-4,7,16H,5-6H2,1-2H3. The third-order valence-electron chi connectivity index (χ3n) is 2.39. The van der Waals surface area contributed by atoms with E-state index in [4.69, 9.17) is 14.6 Å². The molecule has 2 rings (SSSR count). The third-order valence-corrected chi connectivity index (χ3v) is 2.39. The Balaban J connectivity index is 2.36. The zero-order valence-electron chi connectivity index (χ0n) is 10.2. The fourth-order valence-corrected chi connectivity index (χ4v) is 1.50. The van der Waals surface area contributed by atoms with E-state index in [2.05, 4.69) is 15.4 Å². The highest BCUT2D eigenvalue weighted by Gasteiger charge is 2.10. The number of nitrogens with zero attached hydrogens (tertiary/aromatic N) is 4. The van der Waals surface area contributed by atoms with Crippen LogP contribution in [0.3, 0.4) is 0 Å². The molecule has 7 heteroatoms. The molecular formula is C11H14N4O3. The molecule has 0 amide bonds. The monoisotopic (exact) mass is 250 g/mol. The number of ether oxygens (including phenoxy) is 2. The molecule has 0 bridgehead atoms. The lowest BCUT2D eigenvalue weighted by Crippen LogP contribution is -2.03. The van der Waals surface area contributed by atoms with Crippen LogP contribution in [-0.2, 0) is 6.42 Å². The maximum absolute atomic E-state index is 8.81. The molecule has 1 aromatic carbocycles. The normalized spacial score (nSPS) is 10.4. The molecule has 18 heavy (non-hydrogen) atoms. The zero-order chi connectivity index (χ0) is 13.0. The van der Waals surface area contributed by atoms with E-state index in [0.717, 1.165) is 0 Å². The van der Waals surface area contributed by atoms with Gasteiger partial charge >= 0.3 is 0 Å². The van der Waals surface area contributed by atoms with Gasteiger partial charge in [0.15, 0.2) is 5.82 Å². The van der Waals surface area contributed by atoms with Gasteiger partial charge in [-0.2, -0.15) is 0 Å². The minimum Gasteiger partial charge on any atom is -0.497 e. The number of rotatable bonds is 5. The topological polar surface area (TPSA) is 82.3 Å². The molecule has 0 saturated heterocycles. The number of aliphatic hydroxyl groups is 1. The maximum Gasteiger partial charge on any atom is 0.177 e. The van der Waals surface area contributed by atoms with Crippen molar-refractivity contribution in [3.8, 4) is 17.2 Å². The third kappa shape index (κ3) is 2.40. The van der Waals surface area contributed by atoms with Gasteiger partial charge in [-0.05, 0) is 17.3 Å². The molecule has 7 nitrogen and oxygen atoms in total. The van der Waals surface area contributed by atoms with Crippen LogP contribution < -0.4 is 9.47 Å². The van der Waals surface area contributed by atoms with Gasteiger partial charge in [0.05, 0.1) is 20.8 Å². The van der Waals surface area contributed by atoms with Crippen molar-refractivity contribution in [2.75, 3.05) is 20.8 Å². The molecule has 1 heterocycles. The molecule has 1 N–H and O–H groups in total. The molecule has 0 aliphatic carbocycles. The number of methoxy groups -OCH3 is 2. The predicted octanol–water partition coefficient (Wildman–Crippen LogP) is 0.214. The Labute approximate surface area is 104 Å². The van der Waals surface area contributed by atoms with Gasteiger partial charge in [0.25, 0.3) is 0 Å². The SMILES string of the molecule is COc1ccc(-n2nnc(CCO)n2)c(OC)c1. The lowest BCUT2D eigenvalue weighted by Gasteiger charge is -2.08. The zero-order valence-corrected chi connectivity index (χ0v) is 10.2. The molecule has 96 valence electrons. The van der Waals surface area contributed by atoms with E-state index in [1.54, 1.807) is 32.4 Å². The van der Waals surface area contributed by atoms with E-state index in [-0.39, 0.29) is 6.61 Å². The van der Waals surface area contributed by atoms with E-state index in [1.807, 2.05) is 0 Å². The van der Waals surface area contributed by atoms with Crippen molar-refractivity contribution >= 4 is 0 Å². The summed E-state index contributed by atoms with van der Waals surface area (Å²) in [5.41, 5.74) is 0.662. The van der Waals surface area contributed by atoms with Crippen LogP contribution in [0, 0.1) is 0 Å². The van der Waals surface area contributed by atoms with Crippen molar-refractivity contribution in [2.24, 2.45) is 0 Å². The van der Waals surface area contributed by atoms with E-state index in [1.165, 1.54) is 4.80 Å². The predicted molar refractivity (Wildman–Crippen MR) is 63.0 cm³/mol. The lowest BCUT2D eigenvalue weighted by molar-refractivity contribution is 0.296. The number of hydrogen-bond acceptors (Lipinski definition) is 6. The average molecular weight is 250 g/mol. The Bertz CT molecular complexity index is 527. The summed E-state index contributed by atoms with van der Waals surface area (Å²) in [4.78, 5) is 1.36. The fraction of sp³-hybridized carbons (Fsp3) is 0.364.